The molecule has 0 aromatic heterocycles. The lowest BCUT2D eigenvalue weighted by Crippen LogP contribution is -2.05. The van der Waals surface area contributed by atoms with Gasteiger partial charge in [0, 0.05) is 11.5 Å². The van der Waals surface area contributed by atoms with Crippen molar-refractivity contribution in [3.05, 3.63) is 12.7 Å². The van der Waals surface area contributed by atoms with Gasteiger partial charge in [0.05, 0.1) is 5.75 Å². The number of hydrogen-bond acceptors (Lipinski definition) is 3. The van der Waals surface area contributed by atoms with Gasteiger partial charge in [0.25, 0.3) is 10.1 Å². The highest BCUT2D eigenvalue weighted by Gasteiger charge is 2.01. The van der Waals surface area contributed by atoms with Crippen LogP contribution in [-0.4, -0.2) is 30.2 Å². The molecule has 0 amide bonds. The monoisotopic (exact) mass is 182 g/mol. The summed E-state index contributed by atoms with van der Waals surface area (Å²) in [6, 6.07) is 0. The standard InChI is InChI=1S/C5H10O3S2/c1-2-3-9-4-5-10(6,7)8/h2H,1,3-5H2,(H,6,7,8). The van der Waals surface area contributed by atoms with Gasteiger partial charge in [-0.2, -0.15) is 20.2 Å². The third kappa shape index (κ3) is 8.00. The van der Waals surface area contributed by atoms with Crippen LogP contribution in [0.1, 0.15) is 0 Å². The van der Waals surface area contributed by atoms with Crippen LogP contribution < -0.4 is 0 Å². The topological polar surface area (TPSA) is 54.4 Å². The van der Waals surface area contributed by atoms with Crippen molar-refractivity contribution in [1.29, 1.82) is 0 Å². The van der Waals surface area contributed by atoms with Gasteiger partial charge >= 0.3 is 0 Å². The Kier molecular flexibility index (Phi) is 4.76. The van der Waals surface area contributed by atoms with Crippen molar-refractivity contribution in [3.63, 3.8) is 0 Å². The normalized spacial score (nSPS) is 11.3. The molecule has 5 heteroatoms. The molecule has 0 aromatic carbocycles. The van der Waals surface area contributed by atoms with Crippen molar-refractivity contribution < 1.29 is 13.0 Å². The van der Waals surface area contributed by atoms with E-state index in [9.17, 15) is 8.42 Å². The van der Waals surface area contributed by atoms with E-state index in [1.54, 1.807) is 6.08 Å². The van der Waals surface area contributed by atoms with Crippen molar-refractivity contribution in [1.82, 2.24) is 0 Å². The van der Waals surface area contributed by atoms with Crippen LogP contribution in [0, 0.1) is 0 Å². The van der Waals surface area contributed by atoms with Crippen molar-refractivity contribution >= 4 is 21.9 Å². The summed E-state index contributed by atoms with van der Waals surface area (Å²) in [5.41, 5.74) is 0. The van der Waals surface area contributed by atoms with Crippen LogP contribution in [0.4, 0.5) is 0 Å². The summed E-state index contributed by atoms with van der Waals surface area (Å²) in [5, 5.41) is 0. The second kappa shape index (κ2) is 4.76. The van der Waals surface area contributed by atoms with Gasteiger partial charge in [0.2, 0.25) is 0 Å². The summed E-state index contributed by atoms with van der Waals surface area (Å²) < 4.78 is 28.5. The fourth-order valence-electron chi connectivity index (χ4n) is 0.331. The summed E-state index contributed by atoms with van der Waals surface area (Å²) >= 11 is 1.42. The van der Waals surface area contributed by atoms with Gasteiger partial charge in [0.1, 0.15) is 0 Å². The number of rotatable bonds is 5. The minimum Gasteiger partial charge on any atom is -0.286 e. The third-order valence-electron chi connectivity index (χ3n) is 0.721. The first-order valence-electron chi connectivity index (χ1n) is 2.70. The quantitative estimate of drug-likeness (QED) is 0.388. The van der Waals surface area contributed by atoms with Crippen LogP contribution in [0.3, 0.4) is 0 Å². The lowest BCUT2D eigenvalue weighted by molar-refractivity contribution is 0.485. The summed E-state index contributed by atoms with van der Waals surface area (Å²) in [6.07, 6.45) is 1.69. The van der Waals surface area contributed by atoms with Crippen molar-refractivity contribution in [2.24, 2.45) is 0 Å². The Labute approximate surface area is 65.3 Å². The van der Waals surface area contributed by atoms with Gasteiger partial charge in [0.15, 0.2) is 0 Å². The number of thioether (sulfide) groups is 1. The summed E-state index contributed by atoms with van der Waals surface area (Å²) in [5.74, 6) is 0.964. The van der Waals surface area contributed by atoms with E-state index in [0.717, 1.165) is 5.75 Å². The molecule has 1 N–H and O–H groups in total. The zero-order chi connectivity index (χ0) is 8.04. The maximum absolute atomic E-state index is 10.1. The van der Waals surface area contributed by atoms with Crippen LogP contribution in [0.2, 0.25) is 0 Å². The zero-order valence-electron chi connectivity index (χ0n) is 5.49. The van der Waals surface area contributed by atoms with E-state index in [1.807, 2.05) is 0 Å². The lowest BCUT2D eigenvalue weighted by atomic mass is 10.8. The van der Waals surface area contributed by atoms with E-state index in [-0.39, 0.29) is 5.75 Å². The minimum absolute atomic E-state index is 0.175. The molecular formula is C5H10O3S2. The van der Waals surface area contributed by atoms with Crippen molar-refractivity contribution in [2.75, 3.05) is 17.3 Å². The van der Waals surface area contributed by atoms with E-state index < -0.39 is 10.1 Å². The predicted octanol–water partition coefficient (Wildman–Crippen LogP) is 0.793. The average molecular weight is 182 g/mol. The van der Waals surface area contributed by atoms with E-state index in [1.165, 1.54) is 11.8 Å². The fraction of sp³-hybridized carbons (Fsp3) is 0.600. The van der Waals surface area contributed by atoms with Crippen molar-refractivity contribution in [2.45, 2.75) is 0 Å². The van der Waals surface area contributed by atoms with Gasteiger partial charge < -0.3 is 0 Å². The Morgan fingerprint density at radius 1 is 1.60 bits per heavy atom. The molecule has 0 rings (SSSR count). The van der Waals surface area contributed by atoms with Crippen LogP contribution in [0.5, 0.6) is 0 Å². The Morgan fingerprint density at radius 2 is 2.20 bits per heavy atom. The molecule has 3 nitrogen and oxygen atoms in total. The van der Waals surface area contributed by atoms with Gasteiger partial charge in [-0.05, 0) is 0 Å². The molecule has 0 aromatic rings. The fourth-order valence-corrected chi connectivity index (χ4v) is 1.98. The highest BCUT2D eigenvalue weighted by molar-refractivity contribution is 8.00. The van der Waals surface area contributed by atoms with Crippen LogP contribution in [0.15, 0.2) is 12.7 Å². The molecular weight excluding hydrogens is 172 g/mol. The Bertz CT molecular complexity index is 183. The molecule has 0 heterocycles. The molecule has 0 aliphatic heterocycles. The Balaban J connectivity index is 3.29. The van der Waals surface area contributed by atoms with E-state index in [4.69, 9.17) is 4.55 Å². The highest BCUT2D eigenvalue weighted by atomic mass is 32.2. The minimum atomic E-state index is -3.76. The van der Waals surface area contributed by atoms with Crippen molar-refractivity contribution in [3.8, 4) is 0 Å². The predicted molar refractivity (Wildman–Crippen MR) is 43.9 cm³/mol. The first-order chi connectivity index (χ1) is 4.56. The first-order valence-corrected chi connectivity index (χ1v) is 5.46. The zero-order valence-corrected chi connectivity index (χ0v) is 7.12. The van der Waals surface area contributed by atoms with Crippen LogP contribution in [0.25, 0.3) is 0 Å². The molecule has 0 unspecified atom stereocenters. The smallest absolute Gasteiger partial charge is 0.265 e. The summed E-state index contributed by atoms with van der Waals surface area (Å²) in [4.78, 5) is 0. The molecule has 0 fully saturated rings. The van der Waals surface area contributed by atoms with Gasteiger partial charge in [-0.25, -0.2) is 0 Å². The number of hydrogen-bond donors (Lipinski definition) is 1. The Hall–Kier alpha value is -0.0000000000000000763. The molecule has 0 radical (unpaired) electrons. The lowest BCUT2D eigenvalue weighted by Gasteiger charge is -1.93. The van der Waals surface area contributed by atoms with Gasteiger partial charge in [-0.1, -0.05) is 6.08 Å². The maximum atomic E-state index is 10.1. The molecule has 10 heavy (non-hydrogen) atoms. The molecule has 0 saturated carbocycles. The largest absolute Gasteiger partial charge is 0.286 e. The maximum Gasteiger partial charge on any atom is 0.265 e. The van der Waals surface area contributed by atoms with E-state index >= 15 is 0 Å². The van der Waals surface area contributed by atoms with Gasteiger partial charge in [-0.15, -0.1) is 6.58 Å². The van der Waals surface area contributed by atoms with Gasteiger partial charge in [-0.3, -0.25) is 4.55 Å². The molecule has 0 bridgehead atoms. The summed E-state index contributed by atoms with van der Waals surface area (Å²) in [6.45, 7) is 3.46. The van der Waals surface area contributed by atoms with Crippen LogP contribution in [-0.2, 0) is 10.1 Å². The van der Waals surface area contributed by atoms with E-state index in [2.05, 4.69) is 6.58 Å². The molecule has 0 aliphatic carbocycles. The Morgan fingerprint density at radius 3 is 2.60 bits per heavy atom. The second-order valence-corrected chi connectivity index (χ2v) is 4.37. The third-order valence-corrected chi connectivity index (χ3v) is 2.66. The first kappa shape index (κ1) is 10.0. The van der Waals surface area contributed by atoms with E-state index in [0.29, 0.717) is 5.75 Å². The molecule has 0 atom stereocenters. The average Bonchev–Trinajstić information content (AvgIpc) is 1.78. The second-order valence-electron chi connectivity index (χ2n) is 1.65. The SMILES string of the molecule is C=CCSCCS(=O)(=O)O. The summed E-state index contributed by atoms with van der Waals surface area (Å²) in [7, 11) is -3.76. The molecule has 0 spiro atoms. The van der Waals surface area contributed by atoms with Crippen LogP contribution >= 0.6 is 11.8 Å². The highest BCUT2D eigenvalue weighted by Crippen LogP contribution is 2.00. The molecule has 0 saturated heterocycles. The molecule has 60 valence electrons. The molecule has 0 aliphatic rings.